The van der Waals surface area contributed by atoms with Gasteiger partial charge >= 0.3 is 0 Å². The summed E-state index contributed by atoms with van der Waals surface area (Å²) in [7, 11) is -1.23. The number of benzene rings is 4. The van der Waals surface area contributed by atoms with Gasteiger partial charge in [0.05, 0.1) is 13.7 Å². The molecule has 0 aliphatic rings. The van der Waals surface area contributed by atoms with E-state index in [-0.39, 0.29) is 20.1 Å². The van der Waals surface area contributed by atoms with E-state index >= 15 is 0 Å². The maximum absolute atomic E-state index is 6.40. The third-order valence-electron chi connectivity index (χ3n) is 8.26. The molecule has 0 spiro atoms. The summed E-state index contributed by atoms with van der Waals surface area (Å²) in [5, 5.41) is 6.27. The summed E-state index contributed by atoms with van der Waals surface area (Å²) in [5.74, 6) is 0.448. The molecule has 4 aromatic heterocycles. The second-order valence-electron chi connectivity index (χ2n) is 12.7. The van der Waals surface area contributed by atoms with Crippen molar-refractivity contribution >= 4 is 66.7 Å². The zero-order valence-corrected chi connectivity index (χ0v) is 30.7. The van der Waals surface area contributed by atoms with E-state index in [1.165, 1.54) is 36.3 Å². The number of hydrogen-bond acceptors (Lipinski definition) is 4. The molecule has 0 atom stereocenters. The van der Waals surface area contributed by atoms with E-state index in [0.29, 0.717) is 5.92 Å². The Hall–Kier alpha value is -3.93. The molecule has 8 aromatic rings. The Balaban J connectivity index is 0.000000187. The first-order valence-corrected chi connectivity index (χ1v) is 19.7. The van der Waals surface area contributed by atoms with Crippen LogP contribution in [0.2, 0.25) is 19.6 Å². The van der Waals surface area contributed by atoms with Crippen LogP contribution < -0.4 is 5.19 Å². The molecule has 0 unspecified atom stereocenters. The molecule has 0 amide bonds. The Morgan fingerprint density at radius 2 is 1.57 bits per heavy atom. The molecule has 3 nitrogen and oxygen atoms in total. The summed E-state index contributed by atoms with van der Waals surface area (Å²) < 4.78 is 8.99. The first kappa shape index (κ1) is 32.0. The average Bonchev–Trinajstić information content (AvgIpc) is 3.63. The minimum absolute atomic E-state index is 0. The molecule has 8 rings (SSSR count). The molecule has 4 aromatic carbocycles. The SMILES string of the molecule is CC(C)c1ccnc(-c2[c-]ccc3c2oc2ccc4sc5ccccc5c4c23)c1.C[Si](C)(C)c1ccc(-c2[c-]cccc2)nc1.[Ir]. The van der Waals surface area contributed by atoms with Gasteiger partial charge in [0.1, 0.15) is 5.58 Å². The third kappa shape index (κ3) is 6.11. The van der Waals surface area contributed by atoms with Crippen LogP contribution in [0, 0.1) is 12.1 Å². The van der Waals surface area contributed by atoms with Crippen LogP contribution in [0.1, 0.15) is 25.3 Å². The van der Waals surface area contributed by atoms with Crippen molar-refractivity contribution in [3.63, 3.8) is 0 Å². The van der Waals surface area contributed by atoms with Crippen LogP contribution in [0.25, 0.3) is 64.6 Å². The molecule has 4 heterocycles. The maximum Gasteiger partial charge on any atom is 0.121 e. The van der Waals surface area contributed by atoms with E-state index < -0.39 is 8.07 Å². The summed E-state index contributed by atoms with van der Waals surface area (Å²) in [4.78, 5) is 9.14. The summed E-state index contributed by atoms with van der Waals surface area (Å²) in [5.41, 5.74) is 6.94. The van der Waals surface area contributed by atoms with Gasteiger partial charge in [-0.3, -0.25) is 0 Å². The van der Waals surface area contributed by atoms with E-state index in [2.05, 4.69) is 122 Å². The summed E-state index contributed by atoms with van der Waals surface area (Å²) in [6, 6.07) is 40.0. The molecule has 6 heteroatoms. The van der Waals surface area contributed by atoms with Crippen LogP contribution in [-0.4, -0.2) is 18.0 Å². The van der Waals surface area contributed by atoms with Gasteiger partial charge in [0.25, 0.3) is 0 Å². The number of rotatable bonds is 4. The van der Waals surface area contributed by atoms with Crippen molar-refractivity contribution in [3.8, 4) is 22.5 Å². The van der Waals surface area contributed by atoms with Crippen LogP contribution in [0.5, 0.6) is 0 Å². The average molecular weight is 811 g/mol. The number of fused-ring (bicyclic) bond motifs is 7. The fraction of sp³-hybridized carbons (Fsp3) is 0.150. The molecule has 0 aliphatic heterocycles. The van der Waals surface area contributed by atoms with E-state index in [1.807, 2.05) is 54.1 Å². The Labute approximate surface area is 288 Å². The fourth-order valence-corrected chi connectivity index (χ4v) is 7.88. The van der Waals surface area contributed by atoms with Gasteiger partial charge in [0.15, 0.2) is 0 Å². The third-order valence-corrected chi connectivity index (χ3v) is 11.4. The van der Waals surface area contributed by atoms with E-state index in [9.17, 15) is 0 Å². The minimum Gasteiger partial charge on any atom is -0.501 e. The molecular formula is C40H34IrN2OSSi-2. The van der Waals surface area contributed by atoms with Crippen molar-refractivity contribution in [2.24, 2.45) is 0 Å². The van der Waals surface area contributed by atoms with Gasteiger partial charge in [-0.2, -0.15) is 0 Å². The zero-order valence-electron chi connectivity index (χ0n) is 26.5. The fourth-order valence-electron chi connectivity index (χ4n) is 5.73. The molecule has 0 aliphatic carbocycles. The Morgan fingerprint density at radius 1 is 0.739 bits per heavy atom. The second kappa shape index (κ2) is 13.1. The van der Waals surface area contributed by atoms with Gasteiger partial charge < -0.3 is 14.4 Å². The van der Waals surface area contributed by atoms with E-state index in [4.69, 9.17) is 4.42 Å². The number of aromatic nitrogens is 2. The van der Waals surface area contributed by atoms with Crippen LogP contribution in [0.3, 0.4) is 0 Å². The predicted molar refractivity (Wildman–Crippen MR) is 194 cm³/mol. The Kier molecular flexibility index (Phi) is 9.09. The molecule has 0 bridgehead atoms. The largest absolute Gasteiger partial charge is 0.501 e. The van der Waals surface area contributed by atoms with Crippen molar-refractivity contribution in [2.45, 2.75) is 39.4 Å². The van der Waals surface area contributed by atoms with Crippen molar-refractivity contribution in [2.75, 3.05) is 0 Å². The standard InChI is InChI=1S/C26H18NOS.C14H16NSi.Ir/c1-15(2)16-12-13-27-20(14-16)17-7-5-8-19-24-21(28-26(17)19)10-11-23-25(24)18-6-3-4-9-22(18)29-23;1-16(2,3)13-9-10-14(15-11-13)12-7-5-4-6-8-12;/h3-6,8-15H,1-2H3;4-7,9-11H,1-3H3;/q2*-1;. The number of nitrogens with zero attached hydrogens (tertiary/aromatic N) is 2. The number of pyridine rings is 2. The quantitative estimate of drug-likeness (QED) is 0.131. The monoisotopic (exact) mass is 811 g/mol. The summed E-state index contributed by atoms with van der Waals surface area (Å²) in [6.07, 6.45) is 3.90. The first-order chi connectivity index (χ1) is 21.8. The summed E-state index contributed by atoms with van der Waals surface area (Å²) >= 11 is 1.83. The molecular weight excluding hydrogens is 777 g/mol. The van der Waals surface area contributed by atoms with Crippen molar-refractivity contribution in [1.82, 2.24) is 9.97 Å². The smallest absolute Gasteiger partial charge is 0.121 e. The van der Waals surface area contributed by atoms with Gasteiger partial charge in [-0.1, -0.05) is 86.4 Å². The molecule has 1 radical (unpaired) electrons. The Morgan fingerprint density at radius 3 is 2.30 bits per heavy atom. The van der Waals surface area contributed by atoms with Gasteiger partial charge in [0, 0.05) is 58.1 Å². The van der Waals surface area contributed by atoms with Gasteiger partial charge in [0.2, 0.25) is 0 Å². The number of furan rings is 1. The maximum atomic E-state index is 6.40. The van der Waals surface area contributed by atoms with E-state index in [1.54, 1.807) is 0 Å². The molecule has 0 saturated carbocycles. The molecule has 231 valence electrons. The van der Waals surface area contributed by atoms with Crippen molar-refractivity contribution in [1.29, 1.82) is 0 Å². The zero-order chi connectivity index (χ0) is 31.1. The van der Waals surface area contributed by atoms with Crippen LogP contribution in [0.4, 0.5) is 0 Å². The molecule has 46 heavy (non-hydrogen) atoms. The second-order valence-corrected chi connectivity index (χ2v) is 18.9. The first-order valence-electron chi connectivity index (χ1n) is 15.3. The number of hydrogen-bond donors (Lipinski definition) is 0. The normalized spacial score (nSPS) is 11.6. The predicted octanol–water partition coefficient (Wildman–Crippen LogP) is 11.0. The van der Waals surface area contributed by atoms with Crippen molar-refractivity contribution < 1.29 is 24.5 Å². The molecule has 0 saturated heterocycles. The summed E-state index contributed by atoms with van der Waals surface area (Å²) in [6.45, 7) is 11.4. The van der Waals surface area contributed by atoms with Gasteiger partial charge in [-0.25, -0.2) is 0 Å². The van der Waals surface area contributed by atoms with Crippen LogP contribution >= 0.6 is 11.3 Å². The molecule has 0 fully saturated rings. The van der Waals surface area contributed by atoms with Crippen molar-refractivity contribution in [3.05, 3.63) is 127 Å². The van der Waals surface area contributed by atoms with Gasteiger partial charge in [-0.15, -0.1) is 65.4 Å². The Bertz CT molecular complexity index is 2280. The van der Waals surface area contributed by atoms with Gasteiger partial charge in [-0.05, 0) is 46.8 Å². The van der Waals surface area contributed by atoms with Crippen LogP contribution in [0.15, 0.2) is 114 Å². The minimum atomic E-state index is -1.23. The number of thiophene rings is 1. The van der Waals surface area contributed by atoms with E-state index in [0.717, 1.165) is 39.1 Å². The van der Waals surface area contributed by atoms with Crippen LogP contribution in [-0.2, 0) is 20.1 Å². The molecule has 0 N–H and O–H groups in total. The topological polar surface area (TPSA) is 38.9 Å².